The van der Waals surface area contributed by atoms with Crippen molar-refractivity contribution in [2.24, 2.45) is 5.92 Å². The molecule has 1 aliphatic heterocycles. The van der Waals surface area contributed by atoms with Crippen molar-refractivity contribution < 1.29 is 23.5 Å². The zero-order valence-corrected chi connectivity index (χ0v) is 25.8. The van der Waals surface area contributed by atoms with Gasteiger partial charge in [0.2, 0.25) is 11.8 Å². The van der Waals surface area contributed by atoms with Crippen LogP contribution in [-0.4, -0.2) is 56.2 Å². The quantitative estimate of drug-likeness (QED) is 0.198. The van der Waals surface area contributed by atoms with Gasteiger partial charge in [-0.05, 0) is 55.5 Å². The number of ketones is 1. The van der Waals surface area contributed by atoms with Gasteiger partial charge in [0.1, 0.15) is 12.6 Å². The fraction of sp³-hybridized carbons (Fsp3) is 0.229. The molecule has 2 fully saturated rings. The van der Waals surface area contributed by atoms with E-state index in [2.05, 4.69) is 15.3 Å². The second-order valence-corrected chi connectivity index (χ2v) is 12.1. The molecule has 0 radical (unpaired) electrons. The summed E-state index contributed by atoms with van der Waals surface area (Å²) in [5.74, 6) is -1.19. The van der Waals surface area contributed by atoms with Crippen molar-refractivity contribution in [3.05, 3.63) is 95.7 Å². The van der Waals surface area contributed by atoms with Crippen LogP contribution in [0.4, 0.5) is 10.1 Å². The summed E-state index contributed by atoms with van der Waals surface area (Å²) in [6.45, 7) is 1.43. The van der Waals surface area contributed by atoms with Crippen molar-refractivity contribution >= 4 is 45.8 Å². The average molecular weight is 638 g/mol. The number of aromatic nitrogens is 3. The Hall–Kier alpha value is -5.09. The minimum Gasteiger partial charge on any atom is -0.467 e. The number of nitrogens with one attached hydrogen (secondary N) is 1. The highest BCUT2D eigenvalue weighted by Crippen LogP contribution is 2.48. The Morgan fingerprint density at radius 1 is 1.00 bits per heavy atom. The summed E-state index contributed by atoms with van der Waals surface area (Å²) in [6.07, 6.45) is 6.30. The number of ether oxygens (including phenoxy) is 1. The van der Waals surface area contributed by atoms with Gasteiger partial charge in [0.25, 0.3) is 0 Å². The first-order valence-corrected chi connectivity index (χ1v) is 15.3. The van der Waals surface area contributed by atoms with Crippen LogP contribution in [0.5, 0.6) is 6.01 Å². The number of piperidine rings is 1. The fourth-order valence-corrected chi connectivity index (χ4v) is 6.71. The van der Waals surface area contributed by atoms with Gasteiger partial charge in [-0.1, -0.05) is 48.0 Å². The molecular formula is C35H29ClFN5O4. The van der Waals surface area contributed by atoms with Crippen molar-refractivity contribution in [3.8, 4) is 28.3 Å². The Balaban J connectivity index is 1.13. The summed E-state index contributed by atoms with van der Waals surface area (Å²) in [7, 11) is 1.49. The van der Waals surface area contributed by atoms with E-state index in [0.717, 1.165) is 17.5 Å². The second-order valence-electron chi connectivity index (χ2n) is 11.7. The van der Waals surface area contributed by atoms with Crippen LogP contribution in [0.15, 0.2) is 79.3 Å². The third-order valence-electron chi connectivity index (χ3n) is 8.83. The fourth-order valence-electron chi connectivity index (χ4n) is 6.47. The molecule has 3 unspecified atom stereocenters. The van der Waals surface area contributed by atoms with Gasteiger partial charge in [-0.25, -0.2) is 14.4 Å². The van der Waals surface area contributed by atoms with E-state index in [1.54, 1.807) is 64.5 Å². The molecule has 1 N–H and O–H groups in total. The molecule has 0 bridgehead atoms. The number of likely N-dealkylation sites (tertiary alicyclic amines) is 1. The van der Waals surface area contributed by atoms with E-state index in [9.17, 15) is 14.4 Å². The van der Waals surface area contributed by atoms with Crippen LogP contribution in [0.25, 0.3) is 33.2 Å². The van der Waals surface area contributed by atoms with Crippen LogP contribution in [0, 0.1) is 11.7 Å². The van der Waals surface area contributed by atoms with Crippen LogP contribution in [0.2, 0.25) is 5.02 Å². The van der Waals surface area contributed by atoms with Gasteiger partial charge in [-0.3, -0.25) is 14.4 Å². The first kappa shape index (κ1) is 29.6. The monoisotopic (exact) mass is 637 g/mol. The lowest BCUT2D eigenvalue weighted by Crippen LogP contribution is -2.46. The van der Waals surface area contributed by atoms with Gasteiger partial charge in [0, 0.05) is 62.8 Å². The van der Waals surface area contributed by atoms with Gasteiger partial charge in [0.15, 0.2) is 11.6 Å². The van der Waals surface area contributed by atoms with Crippen LogP contribution in [0.1, 0.15) is 30.1 Å². The van der Waals surface area contributed by atoms with E-state index in [1.807, 2.05) is 18.2 Å². The summed E-state index contributed by atoms with van der Waals surface area (Å²) in [5, 5.41) is 3.82. The Bertz CT molecular complexity index is 2030. The highest BCUT2D eigenvalue weighted by molar-refractivity contribution is 6.33. The third kappa shape index (κ3) is 5.28. The summed E-state index contributed by atoms with van der Waals surface area (Å²) >= 11 is 6.31. The number of fused-ring (bicyclic) bond motifs is 2. The molecule has 1 aliphatic carbocycles. The second kappa shape index (κ2) is 11.7. The number of benzene rings is 3. The van der Waals surface area contributed by atoms with Crippen LogP contribution in [-0.2, 0) is 16.1 Å². The molecule has 2 aromatic heterocycles. The highest BCUT2D eigenvalue weighted by Gasteiger charge is 2.56. The summed E-state index contributed by atoms with van der Waals surface area (Å²) in [5.41, 5.74) is 3.57. The first-order valence-electron chi connectivity index (χ1n) is 14.9. The van der Waals surface area contributed by atoms with Crippen molar-refractivity contribution in [2.75, 3.05) is 12.4 Å². The molecule has 7 rings (SSSR count). The number of methoxy groups -OCH3 is 1. The molecule has 2 aliphatic rings. The lowest BCUT2D eigenvalue weighted by atomic mass is 10.0. The third-order valence-corrected chi connectivity index (χ3v) is 9.16. The smallest absolute Gasteiger partial charge is 0.316 e. The van der Waals surface area contributed by atoms with E-state index >= 15 is 4.39 Å². The molecule has 5 aromatic rings. The molecule has 1 saturated carbocycles. The summed E-state index contributed by atoms with van der Waals surface area (Å²) in [4.78, 5) is 50.0. The van der Waals surface area contributed by atoms with Crippen LogP contribution >= 0.6 is 11.6 Å². The number of carbonyl (C=O) groups excluding carboxylic acids is 3. The van der Waals surface area contributed by atoms with Crippen LogP contribution < -0.4 is 10.1 Å². The molecule has 46 heavy (non-hydrogen) atoms. The Morgan fingerprint density at radius 2 is 1.76 bits per heavy atom. The average Bonchev–Trinajstić information content (AvgIpc) is 3.57. The molecule has 11 heteroatoms. The van der Waals surface area contributed by atoms with Crippen molar-refractivity contribution in [3.63, 3.8) is 0 Å². The number of amides is 2. The highest BCUT2D eigenvalue weighted by atomic mass is 35.5. The Morgan fingerprint density at radius 3 is 2.50 bits per heavy atom. The molecule has 2 amide bonds. The van der Waals surface area contributed by atoms with Gasteiger partial charge in [0.05, 0.1) is 12.8 Å². The number of Topliss-reactive ketones (excluding diaryl/α,β-unsaturated/α-hetero) is 1. The molecule has 9 nitrogen and oxygen atoms in total. The molecule has 0 spiro atoms. The number of carbonyl (C=O) groups is 3. The minimum absolute atomic E-state index is 0.0240. The maximum atomic E-state index is 15.6. The molecule has 3 aromatic carbocycles. The zero-order valence-electron chi connectivity index (χ0n) is 25.0. The van der Waals surface area contributed by atoms with E-state index in [1.165, 1.54) is 20.1 Å². The number of rotatable bonds is 8. The Labute approximate surface area is 269 Å². The van der Waals surface area contributed by atoms with Crippen molar-refractivity contribution in [1.29, 1.82) is 0 Å². The van der Waals surface area contributed by atoms with E-state index in [-0.39, 0.29) is 47.5 Å². The molecular weight excluding hydrogens is 609 g/mol. The number of hydrogen-bond donors (Lipinski definition) is 1. The predicted molar refractivity (Wildman–Crippen MR) is 172 cm³/mol. The number of anilines is 1. The lowest BCUT2D eigenvalue weighted by molar-refractivity contribution is -0.138. The topological polar surface area (TPSA) is 106 Å². The molecule has 232 valence electrons. The van der Waals surface area contributed by atoms with Crippen molar-refractivity contribution in [2.45, 2.75) is 38.4 Å². The molecule has 1 saturated heterocycles. The van der Waals surface area contributed by atoms with Crippen molar-refractivity contribution in [1.82, 2.24) is 19.4 Å². The predicted octanol–water partition coefficient (Wildman–Crippen LogP) is 6.40. The summed E-state index contributed by atoms with van der Waals surface area (Å²) < 4.78 is 22.4. The standard InChI is InChI=1S/C35H29ClFN5O4/c1-19(43)26-17-41(29-11-10-20(12-25(26)29)22-15-38-35(46-2)39-16-22)18-32(44)42-30-13-21(30)14-31(42)34(45)40-28-9-5-7-24(33(28)37)23-6-3-4-8-27(23)36/h3-12,15-17,21,30-31H,13-14,18H2,1-2H3,(H,40,45). The van der Waals surface area contributed by atoms with E-state index < -0.39 is 17.8 Å². The summed E-state index contributed by atoms with van der Waals surface area (Å²) in [6, 6.07) is 16.8. The minimum atomic E-state index is -0.740. The normalized spacial score (nSPS) is 18.3. The van der Waals surface area contributed by atoms with Gasteiger partial charge < -0.3 is 19.5 Å². The molecule has 3 heterocycles. The van der Waals surface area contributed by atoms with E-state index in [0.29, 0.717) is 33.5 Å². The SMILES string of the molecule is COc1ncc(-c2ccc3c(c2)c(C(C)=O)cn3CC(=O)N2C(C(=O)Nc3cccc(-c4ccccc4Cl)c3F)CC3CC32)cn1. The lowest BCUT2D eigenvalue weighted by Gasteiger charge is -2.27. The van der Waals surface area contributed by atoms with Gasteiger partial charge in [-0.2, -0.15) is 0 Å². The van der Waals surface area contributed by atoms with E-state index in [4.69, 9.17) is 16.3 Å². The number of nitrogens with zero attached hydrogens (tertiary/aromatic N) is 4. The number of halogens is 2. The van der Waals surface area contributed by atoms with Gasteiger partial charge in [-0.15, -0.1) is 0 Å². The Kier molecular flexibility index (Phi) is 7.52. The number of hydrogen-bond acceptors (Lipinski definition) is 6. The maximum absolute atomic E-state index is 15.6. The van der Waals surface area contributed by atoms with Gasteiger partial charge >= 0.3 is 6.01 Å². The maximum Gasteiger partial charge on any atom is 0.316 e. The zero-order chi connectivity index (χ0) is 32.1. The van der Waals surface area contributed by atoms with Crippen LogP contribution in [0.3, 0.4) is 0 Å². The first-order chi connectivity index (χ1) is 22.2. The largest absolute Gasteiger partial charge is 0.467 e. The molecule has 3 atom stereocenters.